The lowest BCUT2D eigenvalue weighted by Gasteiger charge is -2.03. The van der Waals surface area contributed by atoms with Crippen LogP contribution in [0.1, 0.15) is 22.8 Å². The van der Waals surface area contributed by atoms with Crippen molar-refractivity contribution in [2.45, 2.75) is 13.8 Å². The van der Waals surface area contributed by atoms with Gasteiger partial charge in [-0.05, 0) is 19.9 Å². The highest BCUT2D eigenvalue weighted by atomic mass is 16.1. The summed E-state index contributed by atoms with van der Waals surface area (Å²) in [7, 11) is 0. The van der Waals surface area contributed by atoms with E-state index in [9.17, 15) is 9.59 Å². The molecule has 0 aliphatic rings. The molecule has 0 fully saturated rings. The van der Waals surface area contributed by atoms with E-state index in [0.29, 0.717) is 11.8 Å². The standard InChI is InChI=1S/C11H12O2/c1-8-4-3-5-10(6-8)11(13)9(2)7-12/h3-7,9H,1-2H3. The van der Waals surface area contributed by atoms with E-state index in [0.717, 1.165) is 5.56 Å². The average molecular weight is 176 g/mol. The third kappa shape index (κ3) is 2.25. The second-order valence-electron chi connectivity index (χ2n) is 3.16. The van der Waals surface area contributed by atoms with Gasteiger partial charge in [0.15, 0.2) is 5.78 Å². The fraction of sp³-hybridized carbons (Fsp3) is 0.273. The molecule has 2 heteroatoms. The Balaban J connectivity index is 2.95. The highest BCUT2D eigenvalue weighted by Gasteiger charge is 2.13. The Hall–Kier alpha value is -1.44. The molecule has 1 unspecified atom stereocenters. The fourth-order valence-electron chi connectivity index (χ4n) is 1.12. The maximum atomic E-state index is 11.5. The van der Waals surface area contributed by atoms with Crippen molar-refractivity contribution >= 4 is 12.1 Å². The van der Waals surface area contributed by atoms with E-state index in [1.807, 2.05) is 19.1 Å². The van der Waals surface area contributed by atoms with Gasteiger partial charge in [-0.3, -0.25) is 4.79 Å². The third-order valence-corrected chi connectivity index (χ3v) is 1.92. The molecule has 1 rings (SSSR count). The van der Waals surface area contributed by atoms with E-state index < -0.39 is 5.92 Å². The van der Waals surface area contributed by atoms with E-state index in [1.54, 1.807) is 19.1 Å². The summed E-state index contributed by atoms with van der Waals surface area (Å²) in [5.74, 6) is -0.652. The maximum Gasteiger partial charge on any atom is 0.172 e. The van der Waals surface area contributed by atoms with Crippen molar-refractivity contribution in [2.75, 3.05) is 0 Å². The molecule has 1 atom stereocenters. The largest absolute Gasteiger partial charge is 0.303 e. The first-order valence-corrected chi connectivity index (χ1v) is 4.21. The monoisotopic (exact) mass is 176 g/mol. The minimum atomic E-state index is -0.540. The molecule has 0 N–H and O–H groups in total. The van der Waals surface area contributed by atoms with E-state index in [4.69, 9.17) is 0 Å². The SMILES string of the molecule is Cc1cccc(C(=O)C(C)C=O)c1. The van der Waals surface area contributed by atoms with Gasteiger partial charge in [0.1, 0.15) is 6.29 Å². The highest BCUT2D eigenvalue weighted by molar-refractivity contribution is 6.04. The van der Waals surface area contributed by atoms with Gasteiger partial charge in [-0.15, -0.1) is 0 Å². The number of rotatable bonds is 3. The van der Waals surface area contributed by atoms with Gasteiger partial charge in [0, 0.05) is 5.56 Å². The van der Waals surface area contributed by atoms with Gasteiger partial charge < -0.3 is 4.79 Å². The lowest BCUT2D eigenvalue weighted by atomic mass is 9.99. The molecule has 0 aliphatic heterocycles. The summed E-state index contributed by atoms with van der Waals surface area (Å²) in [5.41, 5.74) is 1.64. The van der Waals surface area contributed by atoms with Crippen LogP contribution in [0.2, 0.25) is 0 Å². The van der Waals surface area contributed by atoms with Gasteiger partial charge in [-0.1, -0.05) is 23.8 Å². The molecule has 0 spiro atoms. The molecular formula is C11H12O2. The number of carbonyl (C=O) groups is 2. The van der Waals surface area contributed by atoms with Crippen molar-refractivity contribution in [2.24, 2.45) is 5.92 Å². The second-order valence-corrected chi connectivity index (χ2v) is 3.16. The van der Waals surface area contributed by atoms with Crippen LogP contribution in [0.15, 0.2) is 24.3 Å². The number of Topliss-reactive ketones (excluding diaryl/α,β-unsaturated/α-hetero) is 1. The van der Waals surface area contributed by atoms with E-state index in [2.05, 4.69) is 0 Å². The molecule has 0 radical (unpaired) electrons. The lowest BCUT2D eigenvalue weighted by Crippen LogP contribution is -2.12. The van der Waals surface area contributed by atoms with Gasteiger partial charge in [0.05, 0.1) is 5.92 Å². The van der Waals surface area contributed by atoms with Gasteiger partial charge in [-0.25, -0.2) is 0 Å². The van der Waals surface area contributed by atoms with Crippen molar-refractivity contribution in [1.29, 1.82) is 0 Å². The molecule has 2 nitrogen and oxygen atoms in total. The fourth-order valence-corrected chi connectivity index (χ4v) is 1.12. The van der Waals surface area contributed by atoms with E-state index >= 15 is 0 Å². The van der Waals surface area contributed by atoms with E-state index in [-0.39, 0.29) is 5.78 Å². The number of aldehydes is 1. The summed E-state index contributed by atoms with van der Waals surface area (Å²) in [4.78, 5) is 21.9. The predicted octanol–water partition coefficient (Wildman–Crippen LogP) is 2.01. The van der Waals surface area contributed by atoms with Gasteiger partial charge in [0.2, 0.25) is 0 Å². The average Bonchev–Trinajstić information content (AvgIpc) is 2.15. The first-order valence-electron chi connectivity index (χ1n) is 4.21. The van der Waals surface area contributed by atoms with Crippen molar-refractivity contribution in [3.63, 3.8) is 0 Å². The molecule has 0 aliphatic carbocycles. The zero-order chi connectivity index (χ0) is 9.84. The molecule has 1 aromatic carbocycles. The van der Waals surface area contributed by atoms with Crippen molar-refractivity contribution in [1.82, 2.24) is 0 Å². The molecule has 68 valence electrons. The first-order chi connectivity index (χ1) is 6.15. The molecule has 0 saturated heterocycles. The molecule has 0 heterocycles. The summed E-state index contributed by atoms with van der Waals surface area (Å²) in [6, 6.07) is 7.26. The van der Waals surface area contributed by atoms with Crippen LogP contribution >= 0.6 is 0 Å². The number of ketones is 1. The molecule has 0 saturated carbocycles. The normalized spacial score (nSPS) is 12.2. The summed E-state index contributed by atoms with van der Waals surface area (Å²) >= 11 is 0. The summed E-state index contributed by atoms with van der Waals surface area (Å²) in [5, 5.41) is 0. The van der Waals surface area contributed by atoms with Crippen LogP contribution in [-0.4, -0.2) is 12.1 Å². The minimum absolute atomic E-state index is 0.112. The van der Waals surface area contributed by atoms with Crippen LogP contribution in [0.5, 0.6) is 0 Å². The van der Waals surface area contributed by atoms with E-state index in [1.165, 1.54) is 0 Å². The topological polar surface area (TPSA) is 34.1 Å². The lowest BCUT2D eigenvalue weighted by molar-refractivity contribution is -0.109. The summed E-state index contributed by atoms with van der Waals surface area (Å²) < 4.78 is 0. The maximum absolute atomic E-state index is 11.5. The quantitative estimate of drug-likeness (QED) is 0.401. The zero-order valence-corrected chi connectivity index (χ0v) is 7.78. The van der Waals surface area contributed by atoms with Crippen molar-refractivity contribution in [3.8, 4) is 0 Å². The molecular weight excluding hydrogens is 164 g/mol. The molecule has 0 aromatic heterocycles. The van der Waals surface area contributed by atoms with Crippen LogP contribution < -0.4 is 0 Å². The molecule has 0 bridgehead atoms. The molecule has 1 aromatic rings. The molecule has 0 amide bonds. The zero-order valence-electron chi connectivity index (χ0n) is 7.78. The van der Waals surface area contributed by atoms with Crippen LogP contribution in [-0.2, 0) is 4.79 Å². The Morgan fingerprint density at radius 3 is 2.69 bits per heavy atom. The van der Waals surface area contributed by atoms with Gasteiger partial charge in [-0.2, -0.15) is 0 Å². The number of hydrogen-bond donors (Lipinski definition) is 0. The van der Waals surface area contributed by atoms with Crippen LogP contribution in [0.4, 0.5) is 0 Å². The number of benzene rings is 1. The summed E-state index contributed by atoms with van der Waals surface area (Å²) in [6.07, 6.45) is 0.671. The predicted molar refractivity (Wildman–Crippen MR) is 50.7 cm³/mol. The third-order valence-electron chi connectivity index (χ3n) is 1.92. The van der Waals surface area contributed by atoms with Crippen LogP contribution in [0, 0.1) is 12.8 Å². The Kier molecular flexibility index (Phi) is 2.96. The Labute approximate surface area is 77.6 Å². The Morgan fingerprint density at radius 1 is 1.46 bits per heavy atom. The number of aryl methyl sites for hydroxylation is 1. The van der Waals surface area contributed by atoms with Crippen LogP contribution in [0.25, 0.3) is 0 Å². The van der Waals surface area contributed by atoms with Crippen LogP contribution in [0.3, 0.4) is 0 Å². The van der Waals surface area contributed by atoms with Gasteiger partial charge >= 0.3 is 0 Å². The smallest absolute Gasteiger partial charge is 0.172 e. The van der Waals surface area contributed by atoms with Crippen molar-refractivity contribution in [3.05, 3.63) is 35.4 Å². The number of carbonyl (C=O) groups excluding carboxylic acids is 2. The highest BCUT2D eigenvalue weighted by Crippen LogP contribution is 2.09. The first kappa shape index (κ1) is 9.65. The second kappa shape index (κ2) is 3.99. The Morgan fingerprint density at radius 2 is 2.15 bits per heavy atom. The number of hydrogen-bond acceptors (Lipinski definition) is 2. The molecule has 13 heavy (non-hydrogen) atoms. The minimum Gasteiger partial charge on any atom is -0.303 e. The Bertz CT molecular complexity index is 329. The van der Waals surface area contributed by atoms with Crippen molar-refractivity contribution < 1.29 is 9.59 Å². The van der Waals surface area contributed by atoms with Gasteiger partial charge in [0.25, 0.3) is 0 Å². The summed E-state index contributed by atoms with van der Waals surface area (Å²) in [6.45, 7) is 3.53.